The van der Waals surface area contributed by atoms with Gasteiger partial charge in [-0.2, -0.15) is 0 Å². The van der Waals surface area contributed by atoms with Crippen molar-refractivity contribution >= 4 is 0 Å². The molecule has 16 heavy (non-hydrogen) atoms. The molecular weight excluding hydrogens is 194 g/mol. The minimum atomic E-state index is 0.627. The van der Waals surface area contributed by atoms with Gasteiger partial charge in [0, 0.05) is 5.54 Å². The molecule has 2 aliphatic rings. The van der Waals surface area contributed by atoms with Gasteiger partial charge < -0.3 is 0 Å². The molecule has 0 aromatic carbocycles. The summed E-state index contributed by atoms with van der Waals surface area (Å²) in [5, 5.41) is 0. The van der Waals surface area contributed by atoms with E-state index >= 15 is 0 Å². The summed E-state index contributed by atoms with van der Waals surface area (Å²) < 4.78 is 0. The Labute approximate surface area is 103 Å². The molecule has 0 amide bonds. The zero-order valence-corrected chi connectivity index (χ0v) is 11.9. The summed E-state index contributed by atoms with van der Waals surface area (Å²) in [7, 11) is 0. The normalized spacial score (nSPS) is 20.6. The standard InChI is InChI=1S/C11H17N.2C2H6/c1-2-3-9-12-10-5-4-6-11(12)7-8-11;2*1-2/h4-10H2,1H3;2*1-2H3. The van der Waals surface area contributed by atoms with Crippen LogP contribution in [-0.4, -0.2) is 23.5 Å². The average molecular weight is 223 g/mol. The Morgan fingerprint density at radius 2 is 1.62 bits per heavy atom. The summed E-state index contributed by atoms with van der Waals surface area (Å²) in [5.41, 5.74) is 0.627. The molecule has 0 aromatic heterocycles. The van der Waals surface area contributed by atoms with Gasteiger partial charge in [-0.05, 0) is 39.2 Å². The highest BCUT2D eigenvalue weighted by Gasteiger charge is 2.48. The van der Waals surface area contributed by atoms with E-state index < -0.39 is 0 Å². The summed E-state index contributed by atoms with van der Waals surface area (Å²) in [6.07, 6.45) is 7.11. The number of rotatable bonds is 1. The second-order valence-corrected chi connectivity index (χ2v) is 4.03. The Morgan fingerprint density at radius 3 is 2.12 bits per heavy atom. The van der Waals surface area contributed by atoms with Gasteiger partial charge in [0.05, 0.1) is 6.54 Å². The summed E-state index contributed by atoms with van der Waals surface area (Å²) >= 11 is 0. The van der Waals surface area contributed by atoms with Crippen molar-refractivity contribution in [3.63, 3.8) is 0 Å². The largest absolute Gasteiger partial charge is 0.287 e. The predicted octanol–water partition coefficient (Wildman–Crippen LogP) is 4.08. The van der Waals surface area contributed by atoms with Crippen molar-refractivity contribution in [1.82, 2.24) is 4.90 Å². The van der Waals surface area contributed by atoms with E-state index in [2.05, 4.69) is 16.7 Å². The minimum Gasteiger partial charge on any atom is -0.287 e. The molecule has 0 aromatic rings. The quantitative estimate of drug-likeness (QED) is 0.605. The van der Waals surface area contributed by atoms with E-state index in [1.54, 1.807) is 0 Å². The number of nitrogens with zero attached hydrogens (tertiary/aromatic N) is 1. The topological polar surface area (TPSA) is 3.24 Å². The van der Waals surface area contributed by atoms with Gasteiger partial charge in [-0.3, -0.25) is 4.90 Å². The first-order chi connectivity index (χ1) is 7.87. The van der Waals surface area contributed by atoms with Crippen LogP contribution in [0, 0.1) is 11.8 Å². The first-order valence-electron chi connectivity index (χ1n) is 7.02. The van der Waals surface area contributed by atoms with Crippen molar-refractivity contribution in [2.75, 3.05) is 13.1 Å². The van der Waals surface area contributed by atoms with Crippen LogP contribution in [0.25, 0.3) is 0 Å². The van der Waals surface area contributed by atoms with E-state index in [0.717, 1.165) is 6.54 Å². The molecule has 0 bridgehead atoms. The molecule has 0 radical (unpaired) electrons. The first kappa shape index (κ1) is 15.5. The second kappa shape index (κ2) is 8.65. The van der Waals surface area contributed by atoms with Crippen LogP contribution in [0.3, 0.4) is 0 Å². The third kappa shape index (κ3) is 4.18. The lowest BCUT2D eigenvalue weighted by atomic mass is 10.0. The third-order valence-electron chi connectivity index (χ3n) is 3.26. The molecule has 94 valence electrons. The molecule has 1 saturated heterocycles. The first-order valence-corrected chi connectivity index (χ1v) is 7.02. The molecule has 1 nitrogen and oxygen atoms in total. The highest BCUT2D eigenvalue weighted by atomic mass is 15.2. The van der Waals surface area contributed by atoms with Crippen molar-refractivity contribution < 1.29 is 0 Å². The van der Waals surface area contributed by atoms with Gasteiger partial charge in [0.15, 0.2) is 0 Å². The molecular formula is C15H29N. The Bertz CT molecular complexity index is 217. The summed E-state index contributed by atoms with van der Waals surface area (Å²) in [6.45, 7) is 12.2. The molecule has 0 atom stereocenters. The van der Waals surface area contributed by atoms with Crippen molar-refractivity contribution in [3.05, 3.63) is 0 Å². The number of likely N-dealkylation sites (tertiary alicyclic amines) is 1. The zero-order chi connectivity index (χ0) is 12.4. The number of hydrogen-bond donors (Lipinski definition) is 0. The fourth-order valence-electron chi connectivity index (χ4n) is 2.28. The van der Waals surface area contributed by atoms with Crippen molar-refractivity contribution in [2.45, 2.75) is 72.3 Å². The van der Waals surface area contributed by atoms with E-state index in [1.807, 2.05) is 34.6 Å². The monoisotopic (exact) mass is 223 g/mol. The molecule has 0 N–H and O–H groups in total. The van der Waals surface area contributed by atoms with Crippen molar-refractivity contribution in [1.29, 1.82) is 0 Å². The van der Waals surface area contributed by atoms with Gasteiger partial charge >= 0.3 is 0 Å². The Hall–Kier alpha value is -0.480. The van der Waals surface area contributed by atoms with E-state index in [-0.39, 0.29) is 0 Å². The SMILES string of the molecule is CC.CC.CC#CCN1CCCCC12CC2. The molecule has 1 saturated carbocycles. The molecule has 1 aliphatic heterocycles. The van der Waals surface area contributed by atoms with Gasteiger partial charge in [-0.15, -0.1) is 5.92 Å². The fraction of sp³-hybridized carbons (Fsp3) is 0.867. The maximum absolute atomic E-state index is 3.19. The van der Waals surface area contributed by atoms with Crippen molar-refractivity contribution in [3.8, 4) is 11.8 Å². The van der Waals surface area contributed by atoms with Gasteiger partial charge in [-0.25, -0.2) is 0 Å². The maximum Gasteiger partial charge on any atom is 0.0606 e. The molecule has 2 fully saturated rings. The molecule has 1 aliphatic carbocycles. The van der Waals surface area contributed by atoms with Crippen LogP contribution in [0.1, 0.15) is 66.7 Å². The van der Waals surface area contributed by atoms with Crippen LogP contribution < -0.4 is 0 Å². The lowest BCUT2D eigenvalue weighted by molar-refractivity contribution is 0.148. The van der Waals surface area contributed by atoms with Crippen LogP contribution >= 0.6 is 0 Å². The van der Waals surface area contributed by atoms with Gasteiger partial charge in [0.2, 0.25) is 0 Å². The number of piperidine rings is 1. The van der Waals surface area contributed by atoms with Crippen LogP contribution in [0.15, 0.2) is 0 Å². The molecule has 2 rings (SSSR count). The summed E-state index contributed by atoms with van der Waals surface area (Å²) in [4.78, 5) is 2.60. The molecule has 1 spiro atoms. The third-order valence-corrected chi connectivity index (χ3v) is 3.26. The molecule has 0 unspecified atom stereocenters. The lowest BCUT2D eigenvalue weighted by Crippen LogP contribution is -2.41. The fourth-order valence-corrected chi connectivity index (χ4v) is 2.28. The molecule has 1 heteroatoms. The zero-order valence-electron chi connectivity index (χ0n) is 11.9. The minimum absolute atomic E-state index is 0.627. The van der Waals surface area contributed by atoms with Gasteiger partial charge in [-0.1, -0.05) is 40.0 Å². The lowest BCUT2D eigenvalue weighted by Gasteiger charge is -2.34. The van der Waals surface area contributed by atoms with E-state index in [9.17, 15) is 0 Å². The maximum atomic E-state index is 3.19. The smallest absolute Gasteiger partial charge is 0.0606 e. The molecule has 1 heterocycles. The highest BCUT2D eigenvalue weighted by molar-refractivity contribution is 5.09. The Morgan fingerprint density at radius 1 is 1.00 bits per heavy atom. The van der Waals surface area contributed by atoms with E-state index in [0.29, 0.717) is 5.54 Å². The van der Waals surface area contributed by atoms with Crippen molar-refractivity contribution in [2.24, 2.45) is 0 Å². The Balaban J connectivity index is 0.000000509. The number of hydrogen-bond acceptors (Lipinski definition) is 1. The highest BCUT2D eigenvalue weighted by Crippen LogP contribution is 2.47. The second-order valence-electron chi connectivity index (χ2n) is 4.03. The van der Waals surface area contributed by atoms with E-state index in [4.69, 9.17) is 0 Å². The Kier molecular flexibility index (Phi) is 8.39. The van der Waals surface area contributed by atoms with Crippen LogP contribution in [0.5, 0.6) is 0 Å². The van der Waals surface area contributed by atoms with E-state index in [1.165, 1.54) is 38.6 Å². The van der Waals surface area contributed by atoms with Crippen LogP contribution in [0.2, 0.25) is 0 Å². The van der Waals surface area contributed by atoms with Gasteiger partial charge in [0.25, 0.3) is 0 Å². The average Bonchev–Trinajstić information content (AvgIpc) is 3.14. The predicted molar refractivity (Wildman–Crippen MR) is 73.5 cm³/mol. The summed E-state index contributed by atoms with van der Waals surface area (Å²) in [5.74, 6) is 6.18. The van der Waals surface area contributed by atoms with Gasteiger partial charge in [0.1, 0.15) is 0 Å². The van der Waals surface area contributed by atoms with Crippen LogP contribution in [0.4, 0.5) is 0 Å². The van der Waals surface area contributed by atoms with Crippen LogP contribution in [-0.2, 0) is 0 Å². The summed E-state index contributed by atoms with van der Waals surface area (Å²) in [6, 6.07) is 0.